The summed E-state index contributed by atoms with van der Waals surface area (Å²) in [6.07, 6.45) is 0.405. The van der Waals surface area contributed by atoms with Gasteiger partial charge in [0.2, 0.25) is 5.89 Å². The molecule has 166 valence electrons. The first-order valence-electron chi connectivity index (χ1n) is 9.74. The number of hydrogen-bond acceptors (Lipinski definition) is 4. The number of aliphatic imine (C=N–C) groups is 1. The molecule has 6 nitrogen and oxygen atoms in total. The number of aromatic nitrogens is 2. The Morgan fingerprint density at radius 2 is 1.93 bits per heavy atom. The van der Waals surface area contributed by atoms with Crippen LogP contribution in [0, 0.1) is 6.92 Å². The molecule has 2 aromatic rings. The minimum Gasteiger partial charge on any atom is -0.356 e. The summed E-state index contributed by atoms with van der Waals surface area (Å²) >= 11 is 0. The van der Waals surface area contributed by atoms with E-state index in [-0.39, 0.29) is 29.4 Å². The smallest absolute Gasteiger partial charge is 0.356 e. The third-order valence-electron chi connectivity index (χ3n) is 5.41. The molecule has 2 N–H and O–H groups in total. The van der Waals surface area contributed by atoms with Gasteiger partial charge in [-0.3, -0.25) is 4.99 Å². The first-order valence-corrected chi connectivity index (χ1v) is 9.74. The van der Waals surface area contributed by atoms with Crippen molar-refractivity contribution in [2.24, 2.45) is 4.99 Å². The molecule has 0 aliphatic heterocycles. The number of rotatable bonds is 5. The van der Waals surface area contributed by atoms with E-state index >= 15 is 0 Å². The fraction of sp³-hybridized carbons (Fsp3) is 0.550. The van der Waals surface area contributed by atoms with Crippen LogP contribution < -0.4 is 10.6 Å². The van der Waals surface area contributed by atoms with E-state index in [4.69, 9.17) is 4.52 Å². The van der Waals surface area contributed by atoms with E-state index in [1.807, 2.05) is 0 Å². The highest BCUT2D eigenvalue weighted by molar-refractivity contribution is 14.0. The highest BCUT2D eigenvalue weighted by Crippen LogP contribution is 2.41. The van der Waals surface area contributed by atoms with Gasteiger partial charge in [0.05, 0.1) is 12.1 Å². The van der Waals surface area contributed by atoms with Crippen LogP contribution in [0.15, 0.2) is 33.8 Å². The maximum absolute atomic E-state index is 13.2. The molecule has 1 saturated carbocycles. The van der Waals surface area contributed by atoms with Crippen LogP contribution in [0.3, 0.4) is 0 Å². The lowest BCUT2D eigenvalue weighted by molar-refractivity contribution is -0.137. The van der Waals surface area contributed by atoms with Gasteiger partial charge in [-0.15, -0.1) is 24.0 Å². The number of nitrogens with zero attached hydrogens (tertiary/aromatic N) is 3. The average Bonchev–Trinajstić information content (AvgIpc) is 3.13. The molecule has 0 atom stereocenters. The zero-order chi connectivity index (χ0) is 20.9. The zero-order valence-corrected chi connectivity index (χ0v) is 19.4. The Morgan fingerprint density at radius 1 is 1.20 bits per heavy atom. The topological polar surface area (TPSA) is 75.3 Å². The van der Waals surface area contributed by atoms with Gasteiger partial charge in [-0.25, -0.2) is 0 Å². The molecule has 30 heavy (non-hydrogen) atoms. The Kier molecular flexibility index (Phi) is 8.51. The number of aryl methyl sites for hydroxylation is 1. The summed E-state index contributed by atoms with van der Waals surface area (Å²) in [6.45, 7) is 2.55. The summed E-state index contributed by atoms with van der Waals surface area (Å²) in [5.74, 6) is 1.53. The molecule has 1 aromatic carbocycles. The van der Waals surface area contributed by atoms with Crippen molar-refractivity contribution in [3.05, 3.63) is 47.1 Å². The van der Waals surface area contributed by atoms with Crippen LogP contribution in [-0.2, 0) is 18.1 Å². The number of hydrogen-bond donors (Lipinski definition) is 2. The second kappa shape index (κ2) is 10.5. The monoisotopic (exact) mass is 537 g/mol. The third kappa shape index (κ3) is 6.08. The SMILES string of the molecule is CN=C(NCc1nc(C)no1)NCC1(c2cccc(C(F)(F)F)c2)CCCCC1.I. The van der Waals surface area contributed by atoms with E-state index in [0.29, 0.717) is 30.8 Å². The average molecular weight is 537 g/mol. The minimum absolute atomic E-state index is 0. The second-order valence-electron chi connectivity index (χ2n) is 7.43. The molecule has 0 bridgehead atoms. The van der Waals surface area contributed by atoms with Crippen LogP contribution in [0.5, 0.6) is 0 Å². The Balaban J connectivity index is 0.00000320. The Morgan fingerprint density at radius 3 is 2.53 bits per heavy atom. The van der Waals surface area contributed by atoms with Crippen LogP contribution >= 0.6 is 24.0 Å². The van der Waals surface area contributed by atoms with Crippen molar-refractivity contribution in [1.82, 2.24) is 20.8 Å². The van der Waals surface area contributed by atoms with Gasteiger partial charge in [-0.1, -0.05) is 42.6 Å². The normalized spacial score (nSPS) is 16.6. The fourth-order valence-corrected chi connectivity index (χ4v) is 3.87. The molecule has 1 aliphatic rings. The number of halogens is 4. The molecule has 0 radical (unpaired) electrons. The lowest BCUT2D eigenvalue weighted by atomic mass is 9.69. The second-order valence-corrected chi connectivity index (χ2v) is 7.43. The minimum atomic E-state index is -4.35. The maximum Gasteiger partial charge on any atom is 0.416 e. The van der Waals surface area contributed by atoms with E-state index in [0.717, 1.165) is 43.7 Å². The Bertz CT molecular complexity index is 847. The first-order chi connectivity index (χ1) is 13.8. The largest absolute Gasteiger partial charge is 0.416 e. The fourth-order valence-electron chi connectivity index (χ4n) is 3.87. The van der Waals surface area contributed by atoms with E-state index in [1.54, 1.807) is 20.0 Å². The highest BCUT2D eigenvalue weighted by Gasteiger charge is 2.37. The quantitative estimate of drug-likeness (QED) is 0.332. The van der Waals surface area contributed by atoms with Crippen molar-refractivity contribution in [2.75, 3.05) is 13.6 Å². The van der Waals surface area contributed by atoms with Crippen molar-refractivity contribution >= 4 is 29.9 Å². The highest BCUT2D eigenvalue weighted by atomic mass is 127. The molecule has 3 rings (SSSR count). The van der Waals surface area contributed by atoms with Crippen molar-refractivity contribution in [3.63, 3.8) is 0 Å². The Labute approximate surface area is 191 Å². The van der Waals surface area contributed by atoms with Crippen molar-refractivity contribution in [3.8, 4) is 0 Å². The number of nitrogens with one attached hydrogen (secondary N) is 2. The summed E-state index contributed by atoms with van der Waals surface area (Å²) in [5.41, 5.74) is -0.241. The predicted molar refractivity (Wildman–Crippen MR) is 119 cm³/mol. The van der Waals surface area contributed by atoms with Crippen molar-refractivity contribution in [1.29, 1.82) is 0 Å². The molecule has 1 aromatic heterocycles. The molecule has 0 saturated heterocycles. The van der Waals surface area contributed by atoms with Gasteiger partial charge in [0.25, 0.3) is 0 Å². The molecule has 0 spiro atoms. The summed E-state index contributed by atoms with van der Waals surface area (Å²) < 4.78 is 44.8. The third-order valence-corrected chi connectivity index (χ3v) is 5.41. The summed E-state index contributed by atoms with van der Waals surface area (Å²) in [6, 6.07) is 5.73. The molecular formula is C20H27F3IN5O. The molecule has 0 amide bonds. The van der Waals surface area contributed by atoms with Gasteiger partial charge in [0.1, 0.15) is 0 Å². The molecular weight excluding hydrogens is 510 g/mol. The molecule has 1 heterocycles. The van der Waals surface area contributed by atoms with E-state index in [9.17, 15) is 13.2 Å². The van der Waals surface area contributed by atoms with Gasteiger partial charge in [-0.05, 0) is 31.4 Å². The molecule has 10 heteroatoms. The van der Waals surface area contributed by atoms with E-state index in [2.05, 4.69) is 25.8 Å². The number of benzene rings is 1. The first kappa shape index (κ1) is 24.4. The van der Waals surface area contributed by atoms with E-state index < -0.39 is 11.7 Å². The van der Waals surface area contributed by atoms with Gasteiger partial charge in [-0.2, -0.15) is 18.2 Å². The molecule has 1 aliphatic carbocycles. The molecule has 1 fully saturated rings. The number of alkyl halides is 3. The van der Waals surface area contributed by atoms with Gasteiger partial charge in [0.15, 0.2) is 11.8 Å². The lowest BCUT2D eigenvalue weighted by Crippen LogP contribution is -2.46. The summed E-state index contributed by atoms with van der Waals surface area (Å²) in [7, 11) is 1.65. The van der Waals surface area contributed by atoms with Gasteiger partial charge >= 0.3 is 6.18 Å². The number of guanidine groups is 1. The van der Waals surface area contributed by atoms with Crippen LogP contribution in [-0.4, -0.2) is 29.7 Å². The van der Waals surface area contributed by atoms with Crippen molar-refractivity contribution in [2.45, 2.75) is 57.2 Å². The lowest BCUT2D eigenvalue weighted by Gasteiger charge is -2.38. The van der Waals surface area contributed by atoms with Crippen LogP contribution in [0.1, 0.15) is 54.9 Å². The summed E-state index contributed by atoms with van der Waals surface area (Å²) in [4.78, 5) is 8.33. The maximum atomic E-state index is 13.2. The van der Waals surface area contributed by atoms with Gasteiger partial charge < -0.3 is 15.2 Å². The van der Waals surface area contributed by atoms with Crippen LogP contribution in [0.4, 0.5) is 13.2 Å². The Hall–Kier alpha value is -1.85. The van der Waals surface area contributed by atoms with Crippen LogP contribution in [0.25, 0.3) is 0 Å². The predicted octanol–water partition coefficient (Wildman–Crippen LogP) is 4.58. The van der Waals surface area contributed by atoms with Crippen LogP contribution in [0.2, 0.25) is 0 Å². The van der Waals surface area contributed by atoms with Gasteiger partial charge in [0, 0.05) is 19.0 Å². The zero-order valence-electron chi connectivity index (χ0n) is 17.1. The van der Waals surface area contributed by atoms with E-state index in [1.165, 1.54) is 12.1 Å². The summed E-state index contributed by atoms with van der Waals surface area (Å²) in [5, 5.41) is 10.1. The standard InChI is InChI=1S/C20H26F3N5O.HI/c1-14-27-17(29-28-14)12-25-18(24-2)26-13-19(9-4-3-5-10-19)15-7-6-8-16(11-15)20(21,22)23;/h6-8,11H,3-5,9-10,12-13H2,1-2H3,(H2,24,25,26);1H. The van der Waals surface area contributed by atoms with Crippen molar-refractivity contribution < 1.29 is 17.7 Å². The molecule has 0 unspecified atom stereocenters.